The molecule has 37 heavy (non-hydrogen) atoms. The largest absolute Gasteiger partial charge is 0.294 e. The Morgan fingerprint density at radius 1 is 0.459 bits per heavy atom. The summed E-state index contributed by atoms with van der Waals surface area (Å²) in [5.74, 6) is 0.306. The summed E-state index contributed by atoms with van der Waals surface area (Å²) in [6, 6.07) is 24.7. The van der Waals surface area contributed by atoms with Crippen molar-refractivity contribution in [2.75, 3.05) is 0 Å². The first kappa shape index (κ1) is 26.3. The number of rotatable bonds is 8. The van der Waals surface area contributed by atoms with E-state index < -0.39 is 0 Å². The third-order valence-corrected chi connectivity index (χ3v) is 7.58. The summed E-state index contributed by atoms with van der Waals surface area (Å²) in [5, 5.41) is 0. The van der Waals surface area contributed by atoms with Crippen molar-refractivity contribution < 1.29 is 9.59 Å². The lowest BCUT2D eigenvalue weighted by molar-refractivity contribution is 0.0984. The van der Waals surface area contributed by atoms with Crippen LogP contribution in [-0.2, 0) is 19.3 Å². The standard InChI is InChI=1S/C35H36O2/c1-22-7-11-32(17-24(22)3)34(36)20-30-13-9-28(15-26(30)5)19-29-10-14-31(27(6)16-29)21-35(37)33-12-8-23(2)25(4)18-33/h7-18H,19-21H2,1-6H3. The highest BCUT2D eigenvalue weighted by molar-refractivity contribution is 5.98. The van der Waals surface area contributed by atoms with Crippen LogP contribution in [0.2, 0.25) is 0 Å². The molecule has 0 spiro atoms. The Morgan fingerprint density at radius 3 is 1.22 bits per heavy atom. The second-order valence-electron chi connectivity index (χ2n) is 10.5. The number of aryl methyl sites for hydroxylation is 6. The third kappa shape index (κ3) is 6.32. The number of benzene rings is 4. The van der Waals surface area contributed by atoms with Crippen molar-refractivity contribution in [3.8, 4) is 0 Å². The fourth-order valence-corrected chi connectivity index (χ4v) is 4.75. The molecule has 188 valence electrons. The van der Waals surface area contributed by atoms with E-state index in [1.165, 1.54) is 22.3 Å². The average molecular weight is 489 g/mol. The number of hydrogen-bond acceptors (Lipinski definition) is 2. The van der Waals surface area contributed by atoms with Crippen molar-refractivity contribution in [3.05, 3.63) is 140 Å². The van der Waals surface area contributed by atoms with Crippen LogP contribution in [0.25, 0.3) is 0 Å². The quantitative estimate of drug-likeness (QED) is 0.236. The van der Waals surface area contributed by atoms with E-state index in [2.05, 4.69) is 64.1 Å². The molecule has 4 aromatic carbocycles. The first-order valence-corrected chi connectivity index (χ1v) is 13.0. The highest BCUT2D eigenvalue weighted by atomic mass is 16.1. The summed E-state index contributed by atoms with van der Waals surface area (Å²) in [7, 11) is 0. The summed E-state index contributed by atoms with van der Waals surface area (Å²) in [6.07, 6.45) is 1.65. The normalized spacial score (nSPS) is 11.0. The Morgan fingerprint density at radius 2 is 0.865 bits per heavy atom. The minimum Gasteiger partial charge on any atom is -0.294 e. The molecule has 0 aliphatic rings. The topological polar surface area (TPSA) is 34.1 Å². The molecular formula is C35H36O2. The summed E-state index contributed by atoms with van der Waals surface area (Å²) in [6.45, 7) is 12.4. The zero-order valence-electron chi connectivity index (χ0n) is 22.9. The van der Waals surface area contributed by atoms with Gasteiger partial charge in [0, 0.05) is 24.0 Å². The molecular weight excluding hydrogens is 452 g/mol. The number of hydrogen-bond donors (Lipinski definition) is 0. The van der Waals surface area contributed by atoms with Crippen LogP contribution >= 0.6 is 0 Å². The van der Waals surface area contributed by atoms with Gasteiger partial charge in [-0.1, -0.05) is 60.7 Å². The number of ketones is 2. The van der Waals surface area contributed by atoms with Crippen molar-refractivity contribution in [1.82, 2.24) is 0 Å². The van der Waals surface area contributed by atoms with Gasteiger partial charge in [0.2, 0.25) is 0 Å². The molecule has 0 radical (unpaired) electrons. The highest BCUT2D eigenvalue weighted by Crippen LogP contribution is 2.21. The lowest BCUT2D eigenvalue weighted by Gasteiger charge is -2.12. The third-order valence-electron chi connectivity index (χ3n) is 7.58. The van der Waals surface area contributed by atoms with Crippen LogP contribution in [0, 0.1) is 41.5 Å². The van der Waals surface area contributed by atoms with Gasteiger partial charge in [0.1, 0.15) is 0 Å². The maximum Gasteiger partial charge on any atom is 0.167 e. The lowest BCUT2D eigenvalue weighted by Crippen LogP contribution is -2.06. The Labute approximate surface area is 221 Å². The molecule has 2 nitrogen and oxygen atoms in total. The Bertz CT molecular complexity index is 1380. The van der Waals surface area contributed by atoms with Gasteiger partial charge in [0.25, 0.3) is 0 Å². The van der Waals surface area contributed by atoms with Crippen LogP contribution in [0.1, 0.15) is 76.4 Å². The van der Waals surface area contributed by atoms with E-state index in [0.29, 0.717) is 12.8 Å². The van der Waals surface area contributed by atoms with Gasteiger partial charge in [0.15, 0.2) is 11.6 Å². The molecule has 0 saturated carbocycles. The first-order chi connectivity index (χ1) is 17.6. The zero-order valence-corrected chi connectivity index (χ0v) is 22.9. The smallest absolute Gasteiger partial charge is 0.167 e. The van der Waals surface area contributed by atoms with Gasteiger partial charge >= 0.3 is 0 Å². The van der Waals surface area contributed by atoms with Crippen LogP contribution in [-0.4, -0.2) is 11.6 Å². The van der Waals surface area contributed by atoms with E-state index in [0.717, 1.165) is 50.9 Å². The van der Waals surface area contributed by atoms with Crippen molar-refractivity contribution >= 4 is 11.6 Å². The molecule has 4 rings (SSSR count). The van der Waals surface area contributed by atoms with Gasteiger partial charge < -0.3 is 0 Å². The second-order valence-corrected chi connectivity index (χ2v) is 10.5. The fraction of sp³-hybridized carbons (Fsp3) is 0.257. The van der Waals surface area contributed by atoms with Gasteiger partial charge in [-0.2, -0.15) is 0 Å². The fourth-order valence-electron chi connectivity index (χ4n) is 4.75. The molecule has 4 aromatic rings. The zero-order chi connectivity index (χ0) is 26.7. The number of carbonyl (C=O) groups excluding carboxylic acids is 2. The molecule has 0 atom stereocenters. The molecule has 0 aromatic heterocycles. The highest BCUT2D eigenvalue weighted by Gasteiger charge is 2.13. The predicted octanol–water partition coefficient (Wildman–Crippen LogP) is 7.98. The molecule has 0 heterocycles. The van der Waals surface area contributed by atoms with E-state index in [1.807, 2.05) is 50.2 Å². The predicted molar refractivity (Wildman–Crippen MR) is 153 cm³/mol. The van der Waals surface area contributed by atoms with Crippen molar-refractivity contribution in [2.24, 2.45) is 0 Å². The van der Waals surface area contributed by atoms with Crippen molar-refractivity contribution in [1.29, 1.82) is 0 Å². The molecule has 0 aliphatic carbocycles. The van der Waals surface area contributed by atoms with Crippen LogP contribution in [0.3, 0.4) is 0 Å². The molecule has 0 amide bonds. The van der Waals surface area contributed by atoms with Crippen LogP contribution in [0.5, 0.6) is 0 Å². The Balaban J connectivity index is 1.42. The summed E-state index contributed by atoms with van der Waals surface area (Å²) < 4.78 is 0. The minimum absolute atomic E-state index is 0.153. The Hall–Kier alpha value is -3.78. The SMILES string of the molecule is Cc1ccc(C(=O)Cc2ccc(Cc3ccc(CC(=O)c4ccc(C)c(C)c4)c(C)c3)cc2C)cc1C. The van der Waals surface area contributed by atoms with E-state index >= 15 is 0 Å². The van der Waals surface area contributed by atoms with Gasteiger partial charge in [-0.05, 0) is 116 Å². The summed E-state index contributed by atoms with van der Waals surface area (Å²) >= 11 is 0. The van der Waals surface area contributed by atoms with Crippen LogP contribution < -0.4 is 0 Å². The molecule has 0 saturated heterocycles. The van der Waals surface area contributed by atoms with Gasteiger partial charge in [-0.25, -0.2) is 0 Å². The van der Waals surface area contributed by atoms with E-state index in [1.54, 1.807) is 0 Å². The van der Waals surface area contributed by atoms with E-state index in [-0.39, 0.29) is 11.6 Å². The molecule has 0 unspecified atom stereocenters. The molecule has 0 N–H and O–H groups in total. The molecule has 2 heteroatoms. The molecule has 0 bridgehead atoms. The van der Waals surface area contributed by atoms with Crippen LogP contribution in [0.4, 0.5) is 0 Å². The van der Waals surface area contributed by atoms with E-state index in [4.69, 9.17) is 0 Å². The van der Waals surface area contributed by atoms with Crippen molar-refractivity contribution in [3.63, 3.8) is 0 Å². The van der Waals surface area contributed by atoms with Crippen molar-refractivity contribution in [2.45, 2.75) is 60.8 Å². The first-order valence-electron chi connectivity index (χ1n) is 13.0. The molecule has 0 aliphatic heterocycles. The van der Waals surface area contributed by atoms with E-state index in [9.17, 15) is 9.59 Å². The maximum atomic E-state index is 12.8. The minimum atomic E-state index is 0.153. The number of Topliss-reactive ketones (excluding diaryl/α,β-unsaturated/α-hetero) is 2. The Kier molecular flexibility index (Phi) is 7.88. The van der Waals surface area contributed by atoms with Gasteiger partial charge in [0.05, 0.1) is 0 Å². The van der Waals surface area contributed by atoms with Gasteiger partial charge in [-0.3, -0.25) is 9.59 Å². The summed E-state index contributed by atoms with van der Waals surface area (Å²) in [4.78, 5) is 25.7. The average Bonchev–Trinajstić information content (AvgIpc) is 2.85. The molecule has 0 fully saturated rings. The monoisotopic (exact) mass is 488 g/mol. The number of carbonyl (C=O) groups is 2. The van der Waals surface area contributed by atoms with Crippen LogP contribution in [0.15, 0.2) is 72.8 Å². The summed E-state index contributed by atoms with van der Waals surface area (Å²) in [5.41, 5.74) is 13.1. The lowest BCUT2D eigenvalue weighted by atomic mass is 9.93. The van der Waals surface area contributed by atoms with Gasteiger partial charge in [-0.15, -0.1) is 0 Å². The second kappa shape index (κ2) is 11.1. The maximum absolute atomic E-state index is 12.8.